The Labute approximate surface area is 165 Å². The van der Waals surface area contributed by atoms with Gasteiger partial charge in [0.2, 0.25) is 5.91 Å². The van der Waals surface area contributed by atoms with E-state index in [1.165, 1.54) is 16.7 Å². The first kappa shape index (κ1) is 18.0. The zero-order valence-corrected chi connectivity index (χ0v) is 15.7. The standard InChI is InChI=1S/C25H22N2O/c26-16-19-8-11-22-12-18(13-24(22)14-19)5-4-17-6-9-20(10-7-17)21-2-1-3-23(15-21)25(27)28/h1-3,6-11,14-15,18H,4-5,12-13H2,(H2,27,28). The van der Waals surface area contributed by atoms with Gasteiger partial charge in [-0.05, 0) is 83.7 Å². The Kier molecular flexibility index (Phi) is 4.95. The van der Waals surface area contributed by atoms with Crippen LogP contribution in [0.3, 0.4) is 0 Å². The summed E-state index contributed by atoms with van der Waals surface area (Å²) in [7, 11) is 0. The van der Waals surface area contributed by atoms with Gasteiger partial charge >= 0.3 is 0 Å². The minimum absolute atomic E-state index is 0.405. The van der Waals surface area contributed by atoms with Gasteiger partial charge in [0.25, 0.3) is 0 Å². The van der Waals surface area contributed by atoms with Crippen LogP contribution in [0, 0.1) is 17.2 Å². The molecule has 0 fully saturated rings. The molecule has 0 saturated heterocycles. The summed E-state index contributed by atoms with van der Waals surface area (Å²) in [6, 6.07) is 24.3. The molecule has 3 aromatic carbocycles. The van der Waals surface area contributed by atoms with E-state index in [-0.39, 0.29) is 0 Å². The molecule has 0 spiro atoms. The van der Waals surface area contributed by atoms with Crippen molar-refractivity contribution >= 4 is 5.91 Å². The lowest BCUT2D eigenvalue weighted by Gasteiger charge is -2.10. The summed E-state index contributed by atoms with van der Waals surface area (Å²) in [6.45, 7) is 0. The van der Waals surface area contributed by atoms with E-state index < -0.39 is 5.91 Å². The predicted molar refractivity (Wildman–Crippen MR) is 111 cm³/mol. The van der Waals surface area contributed by atoms with Crippen LogP contribution in [0.2, 0.25) is 0 Å². The van der Waals surface area contributed by atoms with Gasteiger partial charge in [-0.25, -0.2) is 0 Å². The van der Waals surface area contributed by atoms with Crippen molar-refractivity contribution in [1.29, 1.82) is 5.26 Å². The average molecular weight is 366 g/mol. The molecule has 4 rings (SSSR count). The highest BCUT2D eigenvalue weighted by Gasteiger charge is 2.21. The van der Waals surface area contributed by atoms with Crippen molar-refractivity contribution in [2.75, 3.05) is 0 Å². The number of primary amides is 1. The molecule has 1 atom stereocenters. The minimum Gasteiger partial charge on any atom is -0.366 e. The molecule has 1 aliphatic carbocycles. The number of hydrogen-bond donors (Lipinski definition) is 1. The number of nitriles is 1. The SMILES string of the molecule is N#Cc1ccc2c(c1)CC(CCc1ccc(-c3cccc(C(N)=O)c3)cc1)C2. The van der Waals surface area contributed by atoms with Gasteiger partial charge in [0.05, 0.1) is 11.6 Å². The Balaban J connectivity index is 1.39. The summed E-state index contributed by atoms with van der Waals surface area (Å²) in [5.74, 6) is 0.244. The molecule has 138 valence electrons. The number of nitrogens with two attached hydrogens (primary N) is 1. The van der Waals surface area contributed by atoms with Crippen LogP contribution < -0.4 is 5.73 Å². The average Bonchev–Trinajstić information content (AvgIpc) is 3.14. The van der Waals surface area contributed by atoms with Crippen LogP contribution in [0.4, 0.5) is 0 Å². The Morgan fingerprint density at radius 2 is 1.75 bits per heavy atom. The molecule has 1 aliphatic rings. The van der Waals surface area contributed by atoms with Gasteiger partial charge in [-0.1, -0.05) is 42.5 Å². The number of benzene rings is 3. The van der Waals surface area contributed by atoms with Gasteiger partial charge in [0, 0.05) is 5.56 Å². The molecule has 0 radical (unpaired) electrons. The van der Waals surface area contributed by atoms with Crippen LogP contribution in [0.1, 0.15) is 39.0 Å². The second-order valence-corrected chi connectivity index (χ2v) is 7.55. The lowest BCUT2D eigenvalue weighted by molar-refractivity contribution is 0.100. The van der Waals surface area contributed by atoms with Crippen LogP contribution in [0.25, 0.3) is 11.1 Å². The van der Waals surface area contributed by atoms with Crippen molar-refractivity contribution in [2.24, 2.45) is 11.7 Å². The van der Waals surface area contributed by atoms with Gasteiger partial charge in [0.1, 0.15) is 0 Å². The number of amides is 1. The first-order valence-electron chi connectivity index (χ1n) is 9.63. The van der Waals surface area contributed by atoms with Crippen molar-refractivity contribution in [2.45, 2.75) is 25.7 Å². The fraction of sp³-hybridized carbons (Fsp3) is 0.200. The summed E-state index contributed by atoms with van der Waals surface area (Å²) in [5, 5.41) is 9.06. The van der Waals surface area contributed by atoms with Crippen molar-refractivity contribution < 1.29 is 4.79 Å². The molecule has 1 unspecified atom stereocenters. The fourth-order valence-electron chi connectivity index (χ4n) is 4.07. The Morgan fingerprint density at radius 3 is 2.50 bits per heavy atom. The molecule has 3 nitrogen and oxygen atoms in total. The van der Waals surface area contributed by atoms with E-state index in [1.807, 2.05) is 30.3 Å². The van der Waals surface area contributed by atoms with Gasteiger partial charge in [-0.15, -0.1) is 0 Å². The highest BCUT2D eigenvalue weighted by atomic mass is 16.1. The third kappa shape index (κ3) is 3.82. The highest BCUT2D eigenvalue weighted by Crippen LogP contribution is 2.30. The van der Waals surface area contributed by atoms with E-state index >= 15 is 0 Å². The van der Waals surface area contributed by atoms with Crippen LogP contribution in [0.5, 0.6) is 0 Å². The normalized spacial score (nSPS) is 15.0. The maximum absolute atomic E-state index is 11.4. The predicted octanol–water partition coefficient (Wildman–Crippen LogP) is 4.67. The smallest absolute Gasteiger partial charge is 0.248 e. The van der Waals surface area contributed by atoms with E-state index in [4.69, 9.17) is 11.0 Å². The molecule has 0 bridgehead atoms. The van der Waals surface area contributed by atoms with E-state index in [0.29, 0.717) is 11.5 Å². The summed E-state index contributed by atoms with van der Waals surface area (Å²) < 4.78 is 0. The lowest BCUT2D eigenvalue weighted by atomic mass is 9.95. The molecule has 0 aromatic heterocycles. The Bertz CT molecular complexity index is 1060. The zero-order valence-electron chi connectivity index (χ0n) is 15.7. The van der Waals surface area contributed by atoms with E-state index in [0.717, 1.165) is 42.4 Å². The van der Waals surface area contributed by atoms with Crippen LogP contribution >= 0.6 is 0 Å². The second-order valence-electron chi connectivity index (χ2n) is 7.55. The van der Waals surface area contributed by atoms with Crippen molar-refractivity contribution in [3.05, 3.63) is 94.5 Å². The van der Waals surface area contributed by atoms with Crippen LogP contribution in [-0.2, 0) is 19.3 Å². The molecular weight excluding hydrogens is 344 g/mol. The Hall–Kier alpha value is -3.38. The van der Waals surface area contributed by atoms with Gasteiger partial charge in [-0.2, -0.15) is 5.26 Å². The molecule has 28 heavy (non-hydrogen) atoms. The first-order valence-corrected chi connectivity index (χ1v) is 9.63. The third-order valence-electron chi connectivity index (χ3n) is 5.63. The molecular formula is C25H22N2O. The van der Waals surface area contributed by atoms with Gasteiger partial charge in [-0.3, -0.25) is 4.79 Å². The molecule has 3 heteroatoms. The third-order valence-corrected chi connectivity index (χ3v) is 5.63. The zero-order chi connectivity index (χ0) is 19.5. The fourth-order valence-corrected chi connectivity index (χ4v) is 4.07. The lowest BCUT2D eigenvalue weighted by Crippen LogP contribution is -2.10. The van der Waals surface area contributed by atoms with Crippen molar-refractivity contribution in [3.8, 4) is 17.2 Å². The number of carbonyl (C=O) groups excluding carboxylic acids is 1. The quantitative estimate of drug-likeness (QED) is 0.713. The van der Waals surface area contributed by atoms with Crippen LogP contribution in [-0.4, -0.2) is 5.91 Å². The van der Waals surface area contributed by atoms with E-state index in [9.17, 15) is 4.79 Å². The Morgan fingerprint density at radius 1 is 0.964 bits per heavy atom. The maximum atomic E-state index is 11.4. The topological polar surface area (TPSA) is 66.9 Å². The highest BCUT2D eigenvalue weighted by molar-refractivity contribution is 5.94. The summed E-state index contributed by atoms with van der Waals surface area (Å²) in [6.07, 6.45) is 4.38. The number of rotatable bonds is 5. The van der Waals surface area contributed by atoms with Crippen LogP contribution in [0.15, 0.2) is 66.7 Å². The molecule has 0 aliphatic heterocycles. The van der Waals surface area contributed by atoms with E-state index in [2.05, 4.69) is 36.4 Å². The largest absolute Gasteiger partial charge is 0.366 e. The molecule has 0 saturated carbocycles. The number of fused-ring (bicyclic) bond motifs is 1. The number of carbonyl (C=O) groups is 1. The van der Waals surface area contributed by atoms with Gasteiger partial charge < -0.3 is 5.73 Å². The van der Waals surface area contributed by atoms with Crippen molar-refractivity contribution in [3.63, 3.8) is 0 Å². The number of nitrogens with zero attached hydrogens (tertiary/aromatic N) is 1. The maximum Gasteiger partial charge on any atom is 0.248 e. The summed E-state index contributed by atoms with van der Waals surface area (Å²) in [5.41, 5.74) is 12.8. The number of aryl methyl sites for hydroxylation is 1. The monoisotopic (exact) mass is 366 g/mol. The molecule has 3 aromatic rings. The molecule has 0 heterocycles. The summed E-state index contributed by atoms with van der Waals surface area (Å²) >= 11 is 0. The number of hydrogen-bond acceptors (Lipinski definition) is 2. The molecule has 1 amide bonds. The second kappa shape index (κ2) is 7.70. The molecule has 2 N–H and O–H groups in total. The first-order chi connectivity index (χ1) is 13.6. The van der Waals surface area contributed by atoms with Gasteiger partial charge in [0.15, 0.2) is 0 Å². The van der Waals surface area contributed by atoms with Crippen molar-refractivity contribution in [1.82, 2.24) is 0 Å². The van der Waals surface area contributed by atoms with E-state index in [1.54, 1.807) is 6.07 Å². The minimum atomic E-state index is -0.405. The summed E-state index contributed by atoms with van der Waals surface area (Å²) in [4.78, 5) is 11.4.